The lowest BCUT2D eigenvalue weighted by Gasteiger charge is -2.36. The van der Waals surface area contributed by atoms with Crippen LogP contribution in [0.4, 0.5) is 0 Å². The summed E-state index contributed by atoms with van der Waals surface area (Å²) in [6.07, 6.45) is 16.2. The third-order valence-electron chi connectivity index (χ3n) is 9.62. The Morgan fingerprint density at radius 2 is 1.62 bits per heavy atom. The first-order valence-corrected chi connectivity index (χ1v) is 15.4. The van der Waals surface area contributed by atoms with Crippen LogP contribution in [0.5, 0.6) is 5.75 Å². The average molecular weight is 529 g/mol. The van der Waals surface area contributed by atoms with Crippen molar-refractivity contribution in [1.82, 2.24) is 9.47 Å². The number of hydrogen-bond acceptors (Lipinski definition) is 3. The maximum absolute atomic E-state index is 13.5. The fourth-order valence-electron chi connectivity index (χ4n) is 7.27. The van der Waals surface area contributed by atoms with Crippen LogP contribution in [-0.2, 0) is 17.9 Å². The van der Waals surface area contributed by atoms with E-state index in [0.29, 0.717) is 32.9 Å². The molecule has 208 valence electrons. The van der Waals surface area contributed by atoms with Gasteiger partial charge in [0.2, 0.25) is 0 Å². The van der Waals surface area contributed by atoms with Crippen LogP contribution in [0.15, 0.2) is 54.7 Å². The minimum Gasteiger partial charge on any atom is -0.489 e. The molecule has 1 aliphatic heterocycles. The molecule has 0 N–H and O–H groups in total. The number of nitrogens with zero attached hydrogens (tertiary/aromatic N) is 2. The first-order valence-electron chi connectivity index (χ1n) is 15.4. The van der Waals surface area contributed by atoms with Gasteiger partial charge in [-0.25, -0.2) is 0 Å². The molecule has 3 aliphatic rings. The number of aromatic nitrogens is 1. The number of benzene rings is 2. The number of carbonyl (C=O) groups is 1. The summed E-state index contributed by atoms with van der Waals surface area (Å²) in [5.74, 6) is 3.72. The van der Waals surface area contributed by atoms with E-state index in [1.165, 1.54) is 64.2 Å². The molecule has 1 amide bonds. The third-order valence-corrected chi connectivity index (χ3v) is 9.62. The maximum atomic E-state index is 13.5. The second-order valence-electron chi connectivity index (χ2n) is 12.1. The van der Waals surface area contributed by atoms with Crippen LogP contribution in [0.3, 0.4) is 0 Å². The van der Waals surface area contributed by atoms with E-state index in [-0.39, 0.29) is 5.91 Å². The Labute approximate surface area is 233 Å². The summed E-state index contributed by atoms with van der Waals surface area (Å²) in [5.41, 5.74) is 3.07. The monoisotopic (exact) mass is 528 g/mol. The van der Waals surface area contributed by atoms with Gasteiger partial charge in [-0.15, -0.1) is 0 Å². The van der Waals surface area contributed by atoms with Crippen molar-refractivity contribution in [2.24, 2.45) is 17.8 Å². The lowest BCUT2D eigenvalue weighted by Crippen LogP contribution is -2.40. The van der Waals surface area contributed by atoms with Crippen molar-refractivity contribution >= 4 is 16.8 Å². The molecule has 5 nitrogen and oxygen atoms in total. The van der Waals surface area contributed by atoms with Gasteiger partial charge >= 0.3 is 0 Å². The summed E-state index contributed by atoms with van der Waals surface area (Å²) in [5, 5.41) is 1.03. The molecule has 2 saturated carbocycles. The molecule has 1 saturated heterocycles. The molecule has 5 heteroatoms. The lowest BCUT2D eigenvalue weighted by molar-refractivity contribution is 0.0304. The molecule has 0 bridgehead atoms. The van der Waals surface area contributed by atoms with Gasteiger partial charge in [0, 0.05) is 37.3 Å². The van der Waals surface area contributed by atoms with Crippen LogP contribution in [0.2, 0.25) is 0 Å². The van der Waals surface area contributed by atoms with Gasteiger partial charge < -0.3 is 18.9 Å². The molecule has 0 atom stereocenters. The number of hydrogen-bond donors (Lipinski definition) is 0. The molecule has 1 aromatic heterocycles. The zero-order valence-electron chi connectivity index (χ0n) is 23.4. The van der Waals surface area contributed by atoms with Crippen LogP contribution in [0.1, 0.15) is 80.1 Å². The number of carbonyl (C=O) groups excluding carboxylic acids is 1. The molecule has 0 unspecified atom stereocenters. The Hall–Kier alpha value is -2.79. The Bertz CT molecular complexity index is 1220. The second kappa shape index (κ2) is 12.6. The van der Waals surface area contributed by atoms with E-state index in [4.69, 9.17) is 9.47 Å². The molecule has 2 heterocycles. The minimum absolute atomic E-state index is 0.119. The Morgan fingerprint density at radius 1 is 0.872 bits per heavy atom. The third kappa shape index (κ3) is 6.35. The molecular formula is C34H44N2O3. The lowest BCUT2D eigenvalue weighted by atomic mass is 9.70. The number of ether oxygens (including phenoxy) is 2. The van der Waals surface area contributed by atoms with E-state index >= 15 is 0 Å². The largest absolute Gasteiger partial charge is 0.489 e. The van der Waals surface area contributed by atoms with Crippen molar-refractivity contribution in [3.05, 3.63) is 65.9 Å². The van der Waals surface area contributed by atoms with Crippen molar-refractivity contribution in [3.8, 4) is 5.75 Å². The molecule has 0 radical (unpaired) electrons. The minimum atomic E-state index is 0.119. The van der Waals surface area contributed by atoms with E-state index in [9.17, 15) is 4.79 Å². The van der Waals surface area contributed by atoms with Crippen LogP contribution in [-0.4, -0.2) is 41.7 Å². The van der Waals surface area contributed by atoms with E-state index in [2.05, 4.69) is 35.0 Å². The van der Waals surface area contributed by atoms with Gasteiger partial charge in [-0.1, -0.05) is 75.3 Å². The first-order chi connectivity index (χ1) is 19.2. The molecule has 2 aromatic carbocycles. The Kier molecular flexibility index (Phi) is 8.53. The molecule has 3 aromatic rings. The van der Waals surface area contributed by atoms with E-state index in [0.717, 1.165) is 52.1 Å². The SMILES string of the molecule is O=C(c1cn(CCC2CCC(C3CCCCC3)CC2)c2cc(OCc3ccccc3)ccc12)N1CCOCC1. The number of rotatable bonds is 8. The van der Waals surface area contributed by atoms with Crippen LogP contribution in [0, 0.1) is 17.8 Å². The summed E-state index contributed by atoms with van der Waals surface area (Å²) in [4.78, 5) is 15.5. The highest BCUT2D eigenvalue weighted by Gasteiger charge is 2.29. The topological polar surface area (TPSA) is 43.7 Å². The van der Waals surface area contributed by atoms with Gasteiger partial charge in [-0.2, -0.15) is 0 Å². The molecular weight excluding hydrogens is 484 g/mol. The van der Waals surface area contributed by atoms with Crippen LogP contribution in [0.25, 0.3) is 10.9 Å². The summed E-state index contributed by atoms with van der Waals surface area (Å²) in [7, 11) is 0. The van der Waals surface area contributed by atoms with Gasteiger partial charge in [0.15, 0.2) is 0 Å². The first kappa shape index (κ1) is 26.4. The highest BCUT2D eigenvalue weighted by atomic mass is 16.5. The quantitative estimate of drug-likeness (QED) is 0.305. The van der Waals surface area contributed by atoms with Gasteiger partial charge in [-0.05, 0) is 54.7 Å². The number of morpholine rings is 1. The van der Waals surface area contributed by atoms with Gasteiger partial charge in [0.25, 0.3) is 5.91 Å². The van der Waals surface area contributed by atoms with Crippen molar-refractivity contribution < 1.29 is 14.3 Å². The van der Waals surface area contributed by atoms with E-state index < -0.39 is 0 Å². The van der Waals surface area contributed by atoms with E-state index in [1.807, 2.05) is 29.2 Å². The van der Waals surface area contributed by atoms with E-state index in [1.54, 1.807) is 0 Å². The normalized spacial score (nSPS) is 22.7. The molecule has 0 spiro atoms. The zero-order chi connectivity index (χ0) is 26.4. The van der Waals surface area contributed by atoms with Crippen molar-refractivity contribution in [2.75, 3.05) is 26.3 Å². The van der Waals surface area contributed by atoms with Gasteiger partial charge in [0.1, 0.15) is 12.4 Å². The highest BCUT2D eigenvalue weighted by Crippen LogP contribution is 2.41. The summed E-state index contributed by atoms with van der Waals surface area (Å²) in [6, 6.07) is 16.5. The molecule has 39 heavy (non-hydrogen) atoms. The Morgan fingerprint density at radius 3 is 2.38 bits per heavy atom. The number of amides is 1. The summed E-state index contributed by atoms with van der Waals surface area (Å²) >= 11 is 0. The summed E-state index contributed by atoms with van der Waals surface area (Å²) in [6.45, 7) is 4.05. The number of fused-ring (bicyclic) bond motifs is 1. The van der Waals surface area contributed by atoms with Gasteiger partial charge in [-0.3, -0.25) is 4.79 Å². The van der Waals surface area contributed by atoms with Crippen molar-refractivity contribution in [3.63, 3.8) is 0 Å². The zero-order valence-corrected chi connectivity index (χ0v) is 23.4. The maximum Gasteiger partial charge on any atom is 0.256 e. The fraction of sp³-hybridized carbons (Fsp3) is 0.559. The molecule has 2 aliphatic carbocycles. The predicted molar refractivity (Wildman–Crippen MR) is 156 cm³/mol. The highest BCUT2D eigenvalue weighted by molar-refractivity contribution is 6.07. The van der Waals surface area contributed by atoms with Crippen LogP contribution >= 0.6 is 0 Å². The molecule has 3 fully saturated rings. The fourth-order valence-corrected chi connectivity index (χ4v) is 7.27. The second-order valence-corrected chi connectivity index (χ2v) is 12.1. The number of aryl methyl sites for hydroxylation is 1. The predicted octanol–water partition coefficient (Wildman–Crippen LogP) is 7.47. The van der Waals surface area contributed by atoms with Crippen molar-refractivity contribution in [2.45, 2.75) is 77.4 Å². The smallest absolute Gasteiger partial charge is 0.256 e. The van der Waals surface area contributed by atoms with Crippen molar-refractivity contribution in [1.29, 1.82) is 0 Å². The summed E-state index contributed by atoms with van der Waals surface area (Å²) < 4.78 is 14.0. The van der Waals surface area contributed by atoms with Crippen LogP contribution < -0.4 is 4.74 Å². The average Bonchev–Trinajstić information content (AvgIpc) is 3.38. The molecule has 6 rings (SSSR count). The standard InChI is InChI=1S/C34H44N2O3/c37-34(35-19-21-38-22-20-35)32-24-36(18-17-26-11-13-29(14-12-26)28-9-5-2-6-10-28)33-23-30(15-16-31(32)33)39-25-27-7-3-1-4-8-27/h1,3-4,7-8,15-16,23-24,26,28-29H,2,5-6,9-14,17-22,25H2. The Balaban J connectivity index is 1.17. The van der Waals surface area contributed by atoms with Gasteiger partial charge in [0.05, 0.1) is 24.3 Å².